The number of hydrogen-bond donors (Lipinski definition) is 0. The highest BCUT2D eigenvalue weighted by Crippen LogP contribution is 2.45. The number of quaternary nitrogens is 1. The largest absolute Gasteiger partial charge is 0.530 e. The zero-order valence-electron chi connectivity index (χ0n) is 16.5. The third-order valence-corrected chi connectivity index (χ3v) is 5.98. The van der Waals surface area contributed by atoms with E-state index in [0.29, 0.717) is 24.0 Å². The number of hydrogen-bond acceptors (Lipinski definition) is 5. The highest BCUT2D eigenvalue weighted by molar-refractivity contribution is 5.89. The highest BCUT2D eigenvalue weighted by Gasteiger charge is 2.47. The quantitative estimate of drug-likeness (QED) is 0.597. The molecule has 1 unspecified atom stereocenters. The van der Waals surface area contributed by atoms with Crippen LogP contribution < -0.4 is 9.59 Å². The Morgan fingerprint density at radius 2 is 2.07 bits per heavy atom. The fourth-order valence-electron chi connectivity index (χ4n) is 4.11. The van der Waals surface area contributed by atoms with Crippen LogP contribution in [0.4, 0.5) is 10.5 Å². The van der Waals surface area contributed by atoms with Crippen LogP contribution in [0.1, 0.15) is 49.2 Å². The summed E-state index contributed by atoms with van der Waals surface area (Å²) in [5.41, 5.74) is 2.66. The highest BCUT2D eigenvalue weighted by atomic mass is 16.4. The van der Waals surface area contributed by atoms with E-state index in [1.165, 1.54) is 11.2 Å². The van der Waals surface area contributed by atoms with E-state index in [1.807, 2.05) is 32.2 Å². The van der Waals surface area contributed by atoms with Crippen molar-refractivity contribution < 1.29 is 23.9 Å². The lowest BCUT2D eigenvalue weighted by atomic mass is 9.87. The zero-order chi connectivity index (χ0) is 20.6. The summed E-state index contributed by atoms with van der Waals surface area (Å²) >= 11 is 0. The standard InChI is InChI=1S/C21H24N2O5/c1-5-22(21(26)27)18-8-13(2)23(4,14(3)25)19-7-6-16(10-17(18)19)20-9-15(11-24)12-28-20/h6-7,9-13,18H,5,8H2,1-4H3/t13-,18?,23+/m0/s1. The Morgan fingerprint density at radius 3 is 2.61 bits per heavy atom. The van der Waals surface area contributed by atoms with E-state index in [2.05, 4.69) is 0 Å². The summed E-state index contributed by atoms with van der Waals surface area (Å²) < 4.78 is 5.57. The van der Waals surface area contributed by atoms with E-state index < -0.39 is 12.1 Å². The number of fused-ring (bicyclic) bond motifs is 1. The SMILES string of the molecule is CCN(C(=O)[O-])C1C[C@H](C)[N@+](C)(C(C)=O)c2ccc(-c3cc(C=O)co3)cc21. The predicted octanol–water partition coefficient (Wildman–Crippen LogP) is 2.74. The summed E-state index contributed by atoms with van der Waals surface area (Å²) in [6.07, 6.45) is 1.33. The second kappa shape index (κ2) is 7.24. The van der Waals surface area contributed by atoms with Crippen LogP contribution in [0.25, 0.3) is 11.3 Å². The molecule has 0 aliphatic carbocycles. The number of nitrogens with zero attached hydrogens (tertiary/aromatic N) is 2. The maximum absolute atomic E-state index is 12.5. The van der Waals surface area contributed by atoms with Gasteiger partial charge in [0.1, 0.15) is 23.8 Å². The molecular formula is C21H24N2O5. The van der Waals surface area contributed by atoms with E-state index in [4.69, 9.17) is 4.42 Å². The number of amides is 2. The minimum Gasteiger partial charge on any atom is -0.530 e. The average Bonchev–Trinajstić information content (AvgIpc) is 3.14. The smallest absolute Gasteiger partial charge is 0.315 e. The average molecular weight is 384 g/mol. The first-order valence-electron chi connectivity index (χ1n) is 9.27. The van der Waals surface area contributed by atoms with Gasteiger partial charge in [0.2, 0.25) is 0 Å². The Hall–Kier alpha value is -2.93. The first-order chi connectivity index (χ1) is 13.2. The first kappa shape index (κ1) is 19.8. The van der Waals surface area contributed by atoms with Crippen LogP contribution >= 0.6 is 0 Å². The lowest BCUT2D eigenvalue weighted by molar-refractivity contribution is -0.268. The second-order valence-electron chi connectivity index (χ2n) is 7.38. The molecule has 2 aromatic rings. The van der Waals surface area contributed by atoms with Crippen LogP contribution in [0, 0.1) is 0 Å². The normalized spacial score (nSPS) is 23.7. The molecule has 7 nitrogen and oxygen atoms in total. The Balaban J connectivity index is 2.21. The molecule has 0 bridgehead atoms. The molecule has 3 atom stereocenters. The fourth-order valence-corrected chi connectivity index (χ4v) is 4.11. The van der Waals surface area contributed by atoms with Gasteiger partial charge in [-0.15, -0.1) is 0 Å². The second-order valence-corrected chi connectivity index (χ2v) is 7.38. The van der Waals surface area contributed by atoms with Crippen molar-refractivity contribution in [2.45, 2.75) is 39.3 Å². The van der Waals surface area contributed by atoms with Gasteiger partial charge in [0.05, 0.1) is 31.6 Å². The number of rotatable bonds is 4. The van der Waals surface area contributed by atoms with Gasteiger partial charge in [0.15, 0.2) is 6.29 Å². The number of carbonyl (C=O) groups is 3. The number of aldehydes is 1. The Morgan fingerprint density at radius 1 is 1.36 bits per heavy atom. The van der Waals surface area contributed by atoms with Gasteiger partial charge in [-0.2, -0.15) is 0 Å². The molecule has 148 valence electrons. The van der Waals surface area contributed by atoms with Gasteiger partial charge in [-0.1, -0.05) is 0 Å². The number of benzene rings is 1. The molecule has 7 heteroatoms. The molecule has 28 heavy (non-hydrogen) atoms. The molecule has 0 fully saturated rings. The fraction of sp³-hybridized carbons (Fsp3) is 0.381. The molecule has 1 aromatic carbocycles. The zero-order valence-corrected chi connectivity index (χ0v) is 16.5. The van der Waals surface area contributed by atoms with Crippen molar-refractivity contribution in [1.29, 1.82) is 0 Å². The molecule has 2 heterocycles. The summed E-state index contributed by atoms with van der Waals surface area (Å²) in [6.45, 7) is 5.55. The first-order valence-corrected chi connectivity index (χ1v) is 9.27. The maximum atomic E-state index is 12.5. The lowest BCUT2D eigenvalue weighted by Crippen LogP contribution is -2.60. The van der Waals surface area contributed by atoms with Gasteiger partial charge < -0.3 is 19.2 Å². The van der Waals surface area contributed by atoms with Crippen molar-refractivity contribution in [1.82, 2.24) is 9.38 Å². The number of furan rings is 1. The van der Waals surface area contributed by atoms with Gasteiger partial charge in [-0.25, -0.2) is 9.28 Å². The minimum atomic E-state index is -1.24. The van der Waals surface area contributed by atoms with Gasteiger partial charge in [-0.3, -0.25) is 4.79 Å². The molecular weight excluding hydrogens is 360 g/mol. The topological polar surface area (TPSA) is 90.7 Å². The van der Waals surface area contributed by atoms with Gasteiger partial charge >= 0.3 is 5.91 Å². The van der Waals surface area contributed by atoms with Crippen LogP contribution in [0.15, 0.2) is 34.9 Å². The number of carboxylic acid groups (broad SMARTS) is 1. The lowest BCUT2D eigenvalue weighted by Gasteiger charge is -2.46. The van der Waals surface area contributed by atoms with E-state index in [-0.39, 0.29) is 23.0 Å². The summed E-state index contributed by atoms with van der Waals surface area (Å²) in [6, 6.07) is 6.64. The van der Waals surface area contributed by atoms with Gasteiger partial charge in [-0.05, 0) is 32.0 Å². The summed E-state index contributed by atoms with van der Waals surface area (Å²) in [5, 5.41) is 11.7. The summed E-state index contributed by atoms with van der Waals surface area (Å²) in [7, 11) is 1.86. The van der Waals surface area contributed by atoms with E-state index in [1.54, 1.807) is 19.9 Å². The maximum Gasteiger partial charge on any atom is 0.315 e. The minimum absolute atomic E-state index is 0.0160. The predicted molar refractivity (Wildman–Crippen MR) is 103 cm³/mol. The van der Waals surface area contributed by atoms with Crippen LogP contribution in [-0.4, -0.2) is 42.8 Å². The van der Waals surface area contributed by atoms with E-state index in [0.717, 1.165) is 16.8 Å². The third-order valence-electron chi connectivity index (χ3n) is 5.98. The van der Waals surface area contributed by atoms with E-state index >= 15 is 0 Å². The summed E-state index contributed by atoms with van der Waals surface area (Å²) in [4.78, 5) is 36.5. The molecule has 0 saturated heterocycles. The molecule has 1 aliphatic rings. The number of carbonyl (C=O) groups excluding carboxylic acids is 3. The summed E-state index contributed by atoms with van der Waals surface area (Å²) in [5.74, 6) is 0.494. The van der Waals surface area contributed by atoms with E-state index in [9.17, 15) is 19.5 Å². The van der Waals surface area contributed by atoms with Crippen LogP contribution in [-0.2, 0) is 4.79 Å². The van der Waals surface area contributed by atoms with Gasteiger partial charge in [0.25, 0.3) is 0 Å². The van der Waals surface area contributed by atoms with Crippen molar-refractivity contribution in [2.24, 2.45) is 0 Å². The monoisotopic (exact) mass is 384 g/mol. The molecule has 3 rings (SSSR count). The molecule has 1 aliphatic heterocycles. The molecule has 0 saturated carbocycles. The Labute approximate surface area is 163 Å². The Bertz CT molecular complexity index is 935. The van der Waals surface area contributed by atoms with Crippen LogP contribution in [0.3, 0.4) is 0 Å². The van der Waals surface area contributed by atoms with Crippen LogP contribution in [0.5, 0.6) is 0 Å². The van der Waals surface area contributed by atoms with Crippen molar-refractivity contribution in [2.75, 3.05) is 13.6 Å². The van der Waals surface area contributed by atoms with Crippen LogP contribution in [0.2, 0.25) is 0 Å². The third kappa shape index (κ3) is 3.01. The molecule has 1 aromatic heterocycles. The van der Waals surface area contributed by atoms with Crippen molar-refractivity contribution in [3.05, 3.63) is 41.7 Å². The van der Waals surface area contributed by atoms with Crippen molar-refractivity contribution in [3.63, 3.8) is 0 Å². The van der Waals surface area contributed by atoms with Gasteiger partial charge in [0, 0.05) is 30.2 Å². The molecule has 2 amide bonds. The molecule has 0 spiro atoms. The van der Waals surface area contributed by atoms with Crippen molar-refractivity contribution in [3.8, 4) is 11.3 Å². The Kier molecular flexibility index (Phi) is 5.12. The van der Waals surface area contributed by atoms with Crippen molar-refractivity contribution >= 4 is 24.0 Å². The molecule has 0 N–H and O–H groups in total. The molecule has 0 radical (unpaired) electrons.